The maximum absolute atomic E-state index is 4.50. The summed E-state index contributed by atoms with van der Waals surface area (Å²) in [5, 5.41) is 7.88. The molecule has 2 aromatic heterocycles. The number of thiazole rings is 1. The second kappa shape index (κ2) is 5.63. The Bertz CT molecular complexity index is 515. The molecule has 98 valence electrons. The van der Waals surface area contributed by atoms with Crippen LogP contribution in [0.2, 0.25) is 0 Å². The van der Waals surface area contributed by atoms with Gasteiger partial charge in [0.2, 0.25) is 0 Å². The Balaban J connectivity index is 2.23. The Kier molecular flexibility index (Phi) is 4.14. The van der Waals surface area contributed by atoms with Gasteiger partial charge in [0.05, 0.1) is 16.9 Å². The second-order valence-corrected chi connectivity index (χ2v) is 5.33. The highest BCUT2D eigenvalue weighted by Gasteiger charge is 2.17. The van der Waals surface area contributed by atoms with Crippen molar-refractivity contribution in [2.75, 3.05) is 7.05 Å². The highest BCUT2D eigenvalue weighted by atomic mass is 32.1. The van der Waals surface area contributed by atoms with Crippen molar-refractivity contribution in [3.63, 3.8) is 0 Å². The average Bonchev–Trinajstić information content (AvgIpc) is 2.92. The minimum absolute atomic E-state index is 0.318. The lowest BCUT2D eigenvalue weighted by molar-refractivity contribution is 0.544. The molecule has 2 aromatic rings. The third kappa shape index (κ3) is 2.62. The Labute approximate surface area is 112 Å². The molecule has 0 aliphatic rings. The van der Waals surface area contributed by atoms with Crippen LogP contribution in [0.3, 0.4) is 0 Å². The van der Waals surface area contributed by atoms with Gasteiger partial charge >= 0.3 is 0 Å². The zero-order chi connectivity index (χ0) is 13.1. The van der Waals surface area contributed by atoms with Crippen LogP contribution in [-0.4, -0.2) is 21.8 Å². The summed E-state index contributed by atoms with van der Waals surface area (Å²) in [6.07, 6.45) is 0.953. The zero-order valence-electron chi connectivity index (χ0n) is 11.4. The first-order valence-electron chi connectivity index (χ1n) is 6.26. The van der Waals surface area contributed by atoms with Crippen molar-refractivity contribution in [2.45, 2.75) is 39.8 Å². The first-order chi connectivity index (χ1) is 8.65. The molecule has 2 rings (SSSR count). The van der Waals surface area contributed by atoms with Gasteiger partial charge in [-0.1, -0.05) is 0 Å². The molecule has 0 aliphatic carbocycles. The molecule has 0 radical (unpaired) electrons. The molecular weight excluding hydrogens is 244 g/mol. The van der Waals surface area contributed by atoms with Gasteiger partial charge in [0, 0.05) is 29.6 Å². The van der Waals surface area contributed by atoms with Gasteiger partial charge in [-0.05, 0) is 33.9 Å². The number of likely N-dealkylation sites (N-methyl/N-ethyl adjacent to an activating group) is 1. The predicted molar refractivity (Wildman–Crippen MR) is 75.0 cm³/mol. The van der Waals surface area contributed by atoms with Crippen molar-refractivity contribution in [2.24, 2.45) is 0 Å². The van der Waals surface area contributed by atoms with E-state index in [4.69, 9.17) is 0 Å². The number of rotatable bonds is 5. The summed E-state index contributed by atoms with van der Waals surface area (Å²) in [4.78, 5) is 5.65. The normalized spacial score (nSPS) is 12.9. The predicted octanol–water partition coefficient (Wildman–Crippen LogP) is 2.48. The molecular formula is C13H20N4S. The number of hydrogen-bond acceptors (Lipinski definition) is 4. The van der Waals surface area contributed by atoms with Crippen molar-refractivity contribution < 1.29 is 0 Å². The fourth-order valence-corrected chi connectivity index (χ4v) is 3.13. The van der Waals surface area contributed by atoms with E-state index >= 15 is 0 Å². The van der Waals surface area contributed by atoms with E-state index in [9.17, 15) is 0 Å². The number of nitrogens with one attached hydrogen (secondary N) is 1. The van der Waals surface area contributed by atoms with E-state index in [0.29, 0.717) is 6.04 Å². The van der Waals surface area contributed by atoms with Crippen molar-refractivity contribution in [1.29, 1.82) is 0 Å². The fourth-order valence-electron chi connectivity index (χ4n) is 2.22. The summed E-state index contributed by atoms with van der Waals surface area (Å²) in [6.45, 7) is 7.16. The Morgan fingerprint density at radius 2 is 2.22 bits per heavy atom. The zero-order valence-corrected chi connectivity index (χ0v) is 12.2. The van der Waals surface area contributed by atoms with Crippen LogP contribution in [0.4, 0.5) is 0 Å². The quantitative estimate of drug-likeness (QED) is 0.902. The van der Waals surface area contributed by atoms with E-state index in [0.717, 1.165) is 24.4 Å². The first-order valence-corrected chi connectivity index (χ1v) is 7.14. The van der Waals surface area contributed by atoms with E-state index in [1.165, 1.54) is 10.6 Å². The highest BCUT2D eigenvalue weighted by Crippen LogP contribution is 2.25. The summed E-state index contributed by atoms with van der Waals surface area (Å²) >= 11 is 1.72. The van der Waals surface area contributed by atoms with Crippen LogP contribution >= 0.6 is 11.3 Å². The Morgan fingerprint density at radius 3 is 2.78 bits per heavy atom. The number of nitrogens with zero attached hydrogens (tertiary/aromatic N) is 3. The first kappa shape index (κ1) is 13.2. The lowest BCUT2D eigenvalue weighted by atomic mass is 10.1. The minimum atomic E-state index is 0.318. The van der Waals surface area contributed by atoms with Crippen LogP contribution in [0.15, 0.2) is 11.6 Å². The fraction of sp³-hybridized carbons (Fsp3) is 0.538. The number of hydrogen-bond donors (Lipinski definition) is 1. The standard InChI is InChI=1S/C13H20N4S/c1-5-17-11(6-9(2)16-17)7-12(14-4)13-10(3)15-8-18-13/h6,8,12,14H,5,7H2,1-4H3. The molecule has 2 heterocycles. The van der Waals surface area contributed by atoms with Crippen molar-refractivity contribution in [3.05, 3.63) is 33.5 Å². The van der Waals surface area contributed by atoms with Gasteiger partial charge in [0.15, 0.2) is 0 Å². The van der Waals surface area contributed by atoms with Gasteiger partial charge in [0.1, 0.15) is 0 Å². The van der Waals surface area contributed by atoms with E-state index in [1.54, 1.807) is 11.3 Å². The van der Waals surface area contributed by atoms with Crippen LogP contribution in [0.5, 0.6) is 0 Å². The summed E-state index contributed by atoms with van der Waals surface area (Å²) < 4.78 is 2.08. The minimum Gasteiger partial charge on any atom is -0.312 e. The van der Waals surface area contributed by atoms with Gasteiger partial charge in [-0.2, -0.15) is 5.10 Å². The SMILES string of the molecule is CCn1nc(C)cc1CC(NC)c1scnc1C. The molecule has 0 amide bonds. The smallest absolute Gasteiger partial charge is 0.0798 e. The molecule has 1 unspecified atom stereocenters. The summed E-state index contributed by atoms with van der Waals surface area (Å²) in [6, 6.07) is 2.49. The van der Waals surface area contributed by atoms with Crippen molar-refractivity contribution >= 4 is 11.3 Å². The maximum atomic E-state index is 4.50. The van der Waals surface area contributed by atoms with Crippen LogP contribution < -0.4 is 5.32 Å². The summed E-state index contributed by atoms with van der Waals surface area (Å²) in [5.41, 5.74) is 5.40. The van der Waals surface area contributed by atoms with Gasteiger partial charge in [-0.3, -0.25) is 4.68 Å². The second-order valence-electron chi connectivity index (χ2n) is 4.44. The van der Waals surface area contributed by atoms with Crippen LogP contribution in [0.1, 0.15) is 34.9 Å². The van der Waals surface area contributed by atoms with Gasteiger partial charge in [-0.15, -0.1) is 11.3 Å². The molecule has 0 fully saturated rings. The van der Waals surface area contributed by atoms with E-state index in [1.807, 2.05) is 19.5 Å². The van der Waals surface area contributed by atoms with Gasteiger partial charge < -0.3 is 5.32 Å². The molecule has 1 atom stereocenters. The van der Waals surface area contributed by atoms with Crippen LogP contribution in [0, 0.1) is 13.8 Å². The lowest BCUT2D eigenvalue weighted by Crippen LogP contribution is -2.20. The number of aryl methyl sites for hydroxylation is 3. The third-order valence-electron chi connectivity index (χ3n) is 3.15. The molecule has 4 nitrogen and oxygen atoms in total. The molecule has 1 N–H and O–H groups in total. The van der Waals surface area contributed by atoms with Crippen LogP contribution in [-0.2, 0) is 13.0 Å². The molecule has 0 saturated carbocycles. The monoisotopic (exact) mass is 264 g/mol. The van der Waals surface area contributed by atoms with Crippen molar-refractivity contribution in [3.8, 4) is 0 Å². The molecule has 5 heteroatoms. The van der Waals surface area contributed by atoms with Crippen molar-refractivity contribution in [1.82, 2.24) is 20.1 Å². The lowest BCUT2D eigenvalue weighted by Gasteiger charge is -2.15. The van der Waals surface area contributed by atoms with Gasteiger partial charge in [0.25, 0.3) is 0 Å². The number of aromatic nitrogens is 3. The third-order valence-corrected chi connectivity index (χ3v) is 4.19. The van der Waals surface area contributed by atoms with E-state index in [2.05, 4.69) is 40.0 Å². The Morgan fingerprint density at radius 1 is 1.44 bits per heavy atom. The van der Waals surface area contributed by atoms with Crippen LogP contribution in [0.25, 0.3) is 0 Å². The molecule has 0 saturated heterocycles. The largest absolute Gasteiger partial charge is 0.312 e. The van der Waals surface area contributed by atoms with E-state index in [-0.39, 0.29) is 0 Å². The van der Waals surface area contributed by atoms with Gasteiger partial charge in [-0.25, -0.2) is 4.98 Å². The summed E-state index contributed by atoms with van der Waals surface area (Å²) in [5.74, 6) is 0. The topological polar surface area (TPSA) is 42.7 Å². The van der Waals surface area contributed by atoms with E-state index < -0.39 is 0 Å². The molecule has 18 heavy (non-hydrogen) atoms. The maximum Gasteiger partial charge on any atom is 0.0798 e. The summed E-state index contributed by atoms with van der Waals surface area (Å²) in [7, 11) is 2.00. The molecule has 0 aromatic carbocycles. The Hall–Kier alpha value is -1.20. The molecule has 0 aliphatic heterocycles. The average molecular weight is 264 g/mol. The molecule has 0 bridgehead atoms. The highest BCUT2D eigenvalue weighted by molar-refractivity contribution is 7.09. The molecule has 0 spiro atoms.